The fourth-order valence-corrected chi connectivity index (χ4v) is 2.78. The van der Waals surface area contributed by atoms with E-state index in [-0.39, 0.29) is 0 Å². The van der Waals surface area contributed by atoms with Crippen molar-refractivity contribution in [3.8, 4) is 0 Å². The van der Waals surface area contributed by atoms with E-state index in [1.807, 2.05) is 11.3 Å². The van der Waals surface area contributed by atoms with Crippen LogP contribution in [-0.2, 0) is 0 Å². The van der Waals surface area contributed by atoms with Crippen molar-refractivity contribution in [2.24, 2.45) is 0 Å². The van der Waals surface area contributed by atoms with Crippen LogP contribution < -0.4 is 0 Å². The summed E-state index contributed by atoms with van der Waals surface area (Å²) in [4.78, 5) is 0. The van der Waals surface area contributed by atoms with Gasteiger partial charge in [0.05, 0.1) is 0 Å². The van der Waals surface area contributed by atoms with Crippen LogP contribution in [0, 0.1) is 0 Å². The van der Waals surface area contributed by atoms with Crippen LogP contribution in [0.25, 0.3) is 20.2 Å². The molecule has 3 aromatic rings. The lowest BCUT2D eigenvalue weighted by atomic mass is 10.2. The molecule has 13 heavy (non-hydrogen) atoms. The Morgan fingerprint density at radius 3 is 1.62 bits per heavy atom. The molecule has 2 aromatic carbocycles. The minimum Gasteiger partial charge on any atom is -0.135 e. The van der Waals surface area contributed by atoms with Gasteiger partial charge in [0.1, 0.15) is 0 Å². The third kappa shape index (κ3) is 0.973. The topological polar surface area (TPSA) is 0 Å². The number of thiophene rings is 1. The Morgan fingerprint density at radius 1 is 0.615 bits per heavy atom. The van der Waals surface area contributed by atoms with Crippen molar-refractivity contribution in [2.75, 3.05) is 0 Å². The molecule has 0 atom stereocenters. The quantitative estimate of drug-likeness (QED) is 0.496. The van der Waals surface area contributed by atoms with E-state index in [1.54, 1.807) is 0 Å². The van der Waals surface area contributed by atoms with E-state index in [2.05, 4.69) is 48.5 Å². The summed E-state index contributed by atoms with van der Waals surface area (Å²) in [6, 6.07) is 17.1. The minimum atomic E-state index is 1.38. The van der Waals surface area contributed by atoms with Gasteiger partial charge in [-0.1, -0.05) is 36.4 Å². The first-order valence-electron chi connectivity index (χ1n) is 4.31. The SMILES string of the molecule is c1ccc2c(c1)[34s]c1ccccc12. The molecule has 0 unspecified atom stereocenters. The summed E-state index contributed by atoms with van der Waals surface area (Å²) in [7, 11) is 0. The second kappa shape index (κ2) is 2.57. The number of hydrogen-bond donors (Lipinski definition) is 0. The predicted molar refractivity (Wildman–Crippen MR) is 59.3 cm³/mol. The molecule has 0 aliphatic heterocycles. The fourth-order valence-electron chi connectivity index (χ4n) is 1.67. The van der Waals surface area contributed by atoms with E-state index in [1.165, 1.54) is 20.2 Å². The van der Waals surface area contributed by atoms with E-state index in [4.69, 9.17) is 0 Å². The highest BCUT2D eigenvalue weighted by Crippen LogP contribution is 2.32. The van der Waals surface area contributed by atoms with Gasteiger partial charge in [-0.3, -0.25) is 0 Å². The summed E-state index contributed by atoms with van der Waals surface area (Å²) in [5, 5.41) is 2.76. The maximum absolute atomic E-state index is 2.19. The normalized spacial score (nSPS) is 11.1. The van der Waals surface area contributed by atoms with E-state index < -0.39 is 0 Å². The molecular formula is C12H8S. The first-order valence-corrected chi connectivity index (χ1v) is 5.13. The predicted octanol–water partition coefficient (Wildman–Crippen LogP) is 4.05. The van der Waals surface area contributed by atoms with Gasteiger partial charge >= 0.3 is 0 Å². The maximum Gasteiger partial charge on any atom is 0.0355 e. The molecule has 1 aromatic heterocycles. The zero-order valence-electron chi connectivity index (χ0n) is 7.03. The number of benzene rings is 2. The van der Waals surface area contributed by atoms with Crippen LogP contribution in [-0.4, -0.2) is 0 Å². The van der Waals surface area contributed by atoms with E-state index in [9.17, 15) is 0 Å². The molecule has 0 saturated heterocycles. The lowest BCUT2D eigenvalue weighted by Gasteiger charge is -1.88. The second-order valence-electron chi connectivity index (χ2n) is 3.09. The Labute approximate surface area is 80.4 Å². The molecule has 0 radical (unpaired) electrons. The molecule has 3 rings (SSSR count). The summed E-state index contributed by atoms with van der Waals surface area (Å²) in [6.45, 7) is 0. The Hall–Kier alpha value is -1.34. The molecule has 0 saturated carbocycles. The largest absolute Gasteiger partial charge is 0.135 e. The lowest BCUT2D eigenvalue weighted by Crippen LogP contribution is -1.62. The van der Waals surface area contributed by atoms with Crippen molar-refractivity contribution in [1.29, 1.82) is 0 Å². The molecule has 0 aliphatic rings. The Kier molecular flexibility index (Phi) is 1.41. The van der Waals surface area contributed by atoms with Crippen molar-refractivity contribution in [3.05, 3.63) is 48.5 Å². The van der Waals surface area contributed by atoms with Crippen LogP contribution in [0.15, 0.2) is 48.5 Å². The molecular weight excluding hydrogens is 178 g/mol. The zero-order valence-corrected chi connectivity index (χ0v) is 7.84. The standard InChI is InChI=1S/C12H8S/c1-3-7-11-9(5-1)10-6-2-4-8-12(10)13-11/h1-8H/i13+2. The van der Waals surface area contributed by atoms with E-state index in [0.29, 0.717) is 0 Å². The van der Waals surface area contributed by atoms with Crippen molar-refractivity contribution < 1.29 is 0 Å². The smallest absolute Gasteiger partial charge is 0.0355 e. The van der Waals surface area contributed by atoms with Gasteiger partial charge in [-0.2, -0.15) is 0 Å². The van der Waals surface area contributed by atoms with Crippen LogP contribution in [0.2, 0.25) is 0 Å². The molecule has 0 amide bonds. The van der Waals surface area contributed by atoms with Gasteiger partial charge in [0.15, 0.2) is 0 Å². The molecule has 0 N–H and O–H groups in total. The average Bonchev–Trinajstić information content (AvgIpc) is 2.56. The molecule has 0 spiro atoms. The van der Waals surface area contributed by atoms with Crippen LogP contribution in [0.1, 0.15) is 0 Å². The van der Waals surface area contributed by atoms with Crippen LogP contribution >= 0.6 is 11.3 Å². The van der Waals surface area contributed by atoms with Crippen molar-refractivity contribution in [2.45, 2.75) is 0 Å². The Bertz CT molecular complexity index is 513. The van der Waals surface area contributed by atoms with Gasteiger partial charge in [0, 0.05) is 20.2 Å². The van der Waals surface area contributed by atoms with Gasteiger partial charge in [-0.25, -0.2) is 0 Å². The summed E-state index contributed by atoms with van der Waals surface area (Å²) < 4.78 is 2.76. The first-order chi connectivity index (χ1) is 6.45. The molecule has 0 fully saturated rings. The van der Waals surface area contributed by atoms with Gasteiger partial charge < -0.3 is 0 Å². The third-order valence-corrected chi connectivity index (χ3v) is 3.44. The lowest BCUT2D eigenvalue weighted by molar-refractivity contribution is 1.84. The second-order valence-corrected chi connectivity index (χ2v) is 4.18. The highest BCUT2D eigenvalue weighted by molar-refractivity contribution is 7.25. The third-order valence-electron chi connectivity index (χ3n) is 2.28. The minimum absolute atomic E-state index is 1.38. The number of rotatable bonds is 0. The molecule has 1 heteroatoms. The van der Waals surface area contributed by atoms with Crippen molar-refractivity contribution in [1.82, 2.24) is 0 Å². The monoisotopic (exact) mass is 186 g/mol. The zero-order chi connectivity index (χ0) is 8.67. The van der Waals surface area contributed by atoms with Crippen molar-refractivity contribution in [3.63, 3.8) is 0 Å². The van der Waals surface area contributed by atoms with Gasteiger partial charge in [-0.05, 0) is 12.1 Å². The van der Waals surface area contributed by atoms with Crippen LogP contribution in [0.3, 0.4) is 0 Å². The van der Waals surface area contributed by atoms with Crippen molar-refractivity contribution >= 4 is 31.5 Å². The van der Waals surface area contributed by atoms with Crippen LogP contribution in [0.4, 0.5) is 0 Å². The molecule has 0 aliphatic carbocycles. The maximum atomic E-state index is 2.19. The molecule has 62 valence electrons. The molecule has 0 nitrogen and oxygen atoms in total. The molecule has 0 bridgehead atoms. The number of fused-ring (bicyclic) bond motifs is 3. The number of hydrogen-bond acceptors (Lipinski definition) is 1. The average molecular weight is 186 g/mol. The Balaban J connectivity index is 2.64. The van der Waals surface area contributed by atoms with Crippen LogP contribution in [0.5, 0.6) is 0 Å². The van der Waals surface area contributed by atoms with Gasteiger partial charge in [0.2, 0.25) is 0 Å². The highest BCUT2D eigenvalue weighted by atomic mass is 34.0. The first kappa shape index (κ1) is 7.10. The highest BCUT2D eigenvalue weighted by Gasteiger charge is 2.01. The summed E-state index contributed by atoms with van der Waals surface area (Å²) >= 11 is 1.86. The fraction of sp³-hybridized carbons (Fsp3) is 0. The molecule has 1 heterocycles. The van der Waals surface area contributed by atoms with E-state index in [0.717, 1.165) is 0 Å². The summed E-state index contributed by atoms with van der Waals surface area (Å²) in [5.74, 6) is 0. The van der Waals surface area contributed by atoms with E-state index >= 15 is 0 Å². The summed E-state index contributed by atoms with van der Waals surface area (Å²) in [5.41, 5.74) is 0. The summed E-state index contributed by atoms with van der Waals surface area (Å²) in [6.07, 6.45) is 0. The van der Waals surface area contributed by atoms with Gasteiger partial charge in [0.25, 0.3) is 0 Å². The Morgan fingerprint density at radius 2 is 1.08 bits per heavy atom. The van der Waals surface area contributed by atoms with Gasteiger partial charge in [-0.15, -0.1) is 11.3 Å².